The van der Waals surface area contributed by atoms with Crippen molar-refractivity contribution in [2.45, 2.75) is 19.1 Å². The molecule has 7 heteroatoms. The number of carbonyl (C=O) groups excluding carboxylic acids is 2. The summed E-state index contributed by atoms with van der Waals surface area (Å²) in [4.78, 5) is 26.2. The van der Waals surface area contributed by atoms with Crippen LogP contribution in [0.2, 0.25) is 0 Å². The number of methoxy groups -OCH3 is 1. The van der Waals surface area contributed by atoms with E-state index in [-0.39, 0.29) is 11.5 Å². The number of nitrogen functional groups attached to an aromatic ring is 1. The van der Waals surface area contributed by atoms with Gasteiger partial charge in [0.2, 0.25) is 0 Å². The molecule has 1 fully saturated rings. The molecule has 1 atom stereocenters. The van der Waals surface area contributed by atoms with Crippen molar-refractivity contribution in [1.82, 2.24) is 0 Å². The van der Waals surface area contributed by atoms with Crippen LogP contribution >= 0.6 is 23.1 Å². The smallest absolute Gasteiger partial charge is 0.343 e. The summed E-state index contributed by atoms with van der Waals surface area (Å²) in [5, 5.41) is 1.24. The first kappa shape index (κ1) is 15.2. The molecule has 1 unspecified atom stereocenters. The number of nitrogens with zero attached hydrogens (tertiary/aromatic N) is 1. The molecule has 0 bridgehead atoms. The molecule has 1 aliphatic rings. The van der Waals surface area contributed by atoms with E-state index >= 15 is 0 Å². The number of esters is 1. The predicted molar refractivity (Wildman–Crippen MR) is 84.2 cm³/mol. The van der Waals surface area contributed by atoms with E-state index < -0.39 is 5.97 Å². The SMILES string of the molecule is COC(=O)c1c(N2CCSC(C)C2)sc(C(C)=O)c1N. The van der Waals surface area contributed by atoms with Gasteiger partial charge in [0.05, 0.1) is 17.7 Å². The van der Waals surface area contributed by atoms with Crippen LogP contribution < -0.4 is 10.6 Å². The molecule has 2 N–H and O–H groups in total. The molecule has 20 heavy (non-hydrogen) atoms. The Morgan fingerprint density at radius 3 is 2.70 bits per heavy atom. The molecule has 1 saturated heterocycles. The van der Waals surface area contributed by atoms with Gasteiger partial charge >= 0.3 is 5.97 Å². The molecule has 0 aromatic carbocycles. The summed E-state index contributed by atoms with van der Waals surface area (Å²) in [6.07, 6.45) is 0. The lowest BCUT2D eigenvalue weighted by molar-refractivity contribution is 0.0603. The first-order valence-electron chi connectivity index (χ1n) is 6.33. The average Bonchev–Trinajstić information content (AvgIpc) is 2.75. The summed E-state index contributed by atoms with van der Waals surface area (Å²) in [6, 6.07) is 0. The quantitative estimate of drug-likeness (QED) is 0.681. The number of hydrogen-bond acceptors (Lipinski definition) is 7. The number of ketones is 1. The lowest BCUT2D eigenvalue weighted by Gasteiger charge is -2.31. The Morgan fingerprint density at radius 2 is 2.15 bits per heavy atom. The highest BCUT2D eigenvalue weighted by Gasteiger charge is 2.29. The van der Waals surface area contributed by atoms with E-state index in [1.807, 2.05) is 11.8 Å². The summed E-state index contributed by atoms with van der Waals surface area (Å²) in [7, 11) is 1.32. The minimum Gasteiger partial charge on any atom is -0.465 e. The zero-order valence-electron chi connectivity index (χ0n) is 11.8. The third-order valence-corrected chi connectivity index (χ3v) is 5.67. The number of nitrogens with two attached hydrogens (primary N) is 1. The predicted octanol–water partition coefficient (Wildman–Crippen LogP) is 2.26. The van der Waals surface area contributed by atoms with Gasteiger partial charge in [-0.1, -0.05) is 6.92 Å². The Labute approximate surface area is 126 Å². The number of carbonyl (C=O) groups is 2. The topological polar surface area (TPSA) is 72.6 Å². The highest BCUT2D eigenvalue weighted by atomic mass is 32.2. The zero-order chi connectivity index (χ0) is 14.9. The molecule has 5 nitrogen and oxygen atoms in total. The van der Waals surface area contributed by atoms with Crippen molar-refractivity contribution in [3.8, 4) is 0 Å². The number of thioether (sulfide) groups is 1. The monoisotopic (exact) mass is 314 g/mol. The first-order chi connectivity index (χ1) is 9.45. The van der Waals surface area contributed by atoms with Crippen molar-refractivity contribution in [3.05, 3.63) is 10.4 Å². The van der Waals surface area contributed by atoms with Gasteiger partial charge < -0.3 is 15.4 Å². The summed E-state index contributed by atoms with van der Waals surface area (Å²) in [5.41, 5.74) is 6.56. The second-order valence-corrected chi connectivity index (χ2v) is 7.25. The fourth-order valence-electron chi connectivity index (χ4n) is 2.22. The van der Waals surface area contributed by atoms with Crippen LogP contribution in [0.4, 0.5) is 10.7 Å². The minimum absolute atomic E-state index is 0.122. The van der Waals surface area contributed by atoms with Crippen LogP contribution in [0.25, 0.3) is 0 Å². The Kier molecular flexibility index (Phi) is 4.59. The fraction of sp³-hybridized carbons (Fsp3) is 0.538. The van der Waals surface area contributed by atoms with E-state index in [9.17, 15) is 9.59 Å². The molecule has 1 aliphatic heterocycles. The van der Waals surface area contributed by atoms with E-state index in [0.29, 0.717) is 15.7 Å². The maximum absolute atomic E-state index is 12.0. The van der Waals surface area contributed by atoms with Crippen molar-refractivity contribution in [1.29, 1.82) is 0 Å². The van der Waals surface area contributed by atoms with Gasteiger partial charge in [-0.15, -0.1) is 11.3 Å². The number of thiophene rings is 1. The van der Waals surface area contributed by atoms with E-state index in [1.54, 1.807) is 0 Å². The van der Waals surface area contributed by atoms with Crippen molar-refractivity contribution >= 4 is 45.5 Å². The van der Waals surface area contributed by atoms with Gasteiger partial charge in [0.15, 0.2) is 5.78 Å². The van der Waals surface area contributed by atoms with Crippen molar-refractivity contribution in [2.75, 3.05) is 36.6 Å². The zero-order valence-corrected chi connectivity index (χ0v) is 13.4. The highest BCUT2D eigenvalue weighted by Crippen LogP contribution is 2.40. The third kappa shape index (κ3) is 2.78. The molecule has 0 saturated carbocycles. The van der Waals surface area contributed by atoms with Crippen LogP contribution in [0.5, 0.6) is 0 Å². The molecular formula is C13H18N2O3S2. The standard InChI is InChI=1S/C13H18N2O3S2/c1-7-6-15(4-5-19-7)12-9(13(17)18-3)10(14)11(20-12)8(2)16/h7H,4-6,14H2,1-3H3. The van der Waals surface area contributed by atoms with Crippen molar-refractivity contribution < 1.29 is 14.3 Å². The molecule has 0 spiro atoms. The molecule has 1 aromatic heterocycles. The maximum Gasteiger partial charge on any atom is 0.343 e. The summed E-state index contributed by atoms with van der Waals surface area (Å²) in [6.45, 7) is 5.29. The van der Waals surface area contributed by atoms with Crippen LogP contribution in [-0.2, 0) is 4.74 Å². The molecule has 110 valence electrons. The lowest BCUT2D eigenvalue weighted by atomic mass is 10.2. The third-order valence-electron chi connectivity index (χ3n) is 3.16. The van der Waals surface area contributed by atoms with E-state index in [4.69, 9.17) is 10.5 Å². The molecule has 0 aliphatic carbocycles. The Hall–Kier alpha value is -1.21. The summed E-state index contributed by atoms with van der Waals surface area (Å²) < 4.78 is 4.81. The second kappa shape index (κ2) is 6.05. The van der Waals surface area contributed by atoms with E-state index in [0.717, 1.165) is 23.8 Å². The lowest BCUT2D eigenvalue weighted by Crippen LogP contribution is -2.36. The molecule has 0 radical (unpaired) electrons. The molecule has 2 rings (SSSR count). The molecule has 1 aromatic rings. The molecule has 0 amide bonds. The average molecular weight is 314 g/mol. The normalized spacial score (nSPS) is 18.9. The fourth-order valence-corrected chi connectivity index (χ4v) is 4.37. The van der Waals surface area contributed by atoms with Gasteiger partial charge in [-0.25, -0.2) is 4.79 Å². The van der Waals surface area contributed by atoms with Crippen LogP contribution in [0.1, 0.15) is 33.9 Å². The molecular weight excluding hydrogens is 296 g/mol. The van der Waals surface area contributed by atoms with Crippen molar-refractivity contribution in [2.24, 2.45) is 0 Å². The second-order valence-electron chi connectivity index (χ2n) is 4.70. The highest BCUT2D eigenvalue weighted by molar-refractivity contribution is 8.00. The first-order valence-corrected chi connectivity index (χ1v) is 8.20. The Bertz CT molecular complexity index is 542. The molecule has 2 heterocycles. The van der Waals surface area contributed by atoms with Gasteiger partial charge in [-0.2, -0.15) is 11.8 Å². The van der Waals surface area contributed by atoms with Crippen LogP contribution in [0, 0.1) is 0 Å². The largest absolute Gasteiger partial charge is 0.465 e. The van der Waals surface area contributed by atoms with Crippen molar-refractivity contribution in [3.63, 3.8) is 0 Å². The van der Waals surface area contributed by atoms with Crippen LogP contribution in [0.3, 0.4) is 0 Å². The van der Waals surface area contributed by atoms with Gasteiger partial charge in [0.1, 0.15) is 10.6 Å². The number of rotatable bonds is 3. The summed E-state index contributed by atoms with van der Waals surface area (Å²) in [5.74, 6) is 0.394. The van der Waals surface area contributed by atoms with Gasteiger partial charge in [0.25, 0.3) is 0 Å². The maximum atomic E-state index is 12.0. The Morgan fingerprint density at radius 1 is 1.45 bits per heavy atom. The van der Waals surface area contributed by atoms with Gasteiger partial charge in [-0.3, -0.25) is 4.79 Å². The van der Waals surface area contributed by atoms with Gasteiger partial charge in [0, 0.05) is 31.0 Å². The van der Waals surface area contributed by atoms with E-state index in [1.165, 1.54) is 25.4 Å². The number of ether oxygens (including phenoxy) is 1. The minimum atomic E-state index is -0.480. The number of Topliss-reactive ketones (excluding diaryl/α,β-unsaturated/α-hetero) is 1. The van der Waals surface area contributed by atoms with Crippen LogP contribution in [0.15, 0.2) is 0 Å². The Balaban J connectivity index is 2.47. The summed E-state index contributed by atoms with van der Waals surface area (Å²) >= 11 is 3.19. The number of anilines is 2. The van der Waals surface area contributed by atoms with Gasteiger partial charge in [-0.05, 0) is 0 Å². The van der Waals surface area contributed by atoms with Crippen LogP contribution in [-0.4, -0.2) is 43.0 Å². The number of hydrogen-bond donors (Lipinski definition) is 1. The van der Waals surface area contributed by atoms with E-state index in [2.05, 4.69) is 11.8 Å².